The van der Waals surface area contributed by atoms with E-state index in [0.717, 1.165) is 19.2 Å². The number of amides is 2. The van der Waals surface area contributed by atoms with Crippen LogP contribution in [0.4, 0.5) is 18.9 Å². The minimum absolute atomic E-state index is 0.0123. The molecule has 31 heavy (non-hydrogen) atoms. The van der Waals surface area contributed by atoms with Crippen molar-refractivity contribution in [2.75, 3.05) is 19.0 Å². The standard InChI is InChI=1S/C21H19F3N2O5/c1-31-20(30)15-6-3-7-16(18(15)28)25-19(29)13-9-17(27)26(11-13)10-12-4-2-5-14(8-12)21(22,23)24/h2-8,13,28H,9-11H2,1H3,(H,25,29). The van der Waals surface area contributed by atoms with Crippen molar-refractivity contribution < 1.29 is 37.4 Å². The number of carbonyl (C=O) groups excluding carboxylic acids is 3. The van der Waals surface area contributed by atoms with E-state index < -0.39 is 35.3 Å². The summed E-state index contributed by atoms with van der Waals surface area (Å²) in [5, 5.41) is 12.7. The molecule has 1 aliphatic heterocycles. The molecule has 1 aliphatic rings. The van der Waals surface area contributed by atoms with Gasteiger partial charge in [0, 0.05) is 19.5 Å². The minimum atomic E-state index is -4.49. The van der Waals surface area contributed by atoms with Crippen LogP contribution in [0, 0.1) is 5.92 Å². The number of hydrogen-bond donors (Lipinski definition) is 2. The number of anilines is 1. The predicted molar refractivity (Wildman–Crippen MR) is 103 cm³/mol. The Kier molecular flexibility index (Phi) is 6.19. The Morgan fingerprint density at radius 1 is 1.23 bits per heavy atom. The van der Waals surface area contributed by atoms with Gasteiger partial charge in [0.2, 0.25) is 11.8 Å². The van der Waals surface area contributed by atoms with E-state index in [4.69, 9.17) is 0 Å². The Bertz CT molecular complexity index is 1020. The summed E-state index contributed by atoms with van der Waals surface area (Å²) in [7, 11) is 1.15. The molecule has 0 radical (unpaired) electrons. The summed E-state index contributed by atoms with van der Waals surface area (Å²) >= 11 is 0. The lowest BCUT2D eigenvalue weighted by Gasteiger charge is -2.18. The molecule has 2 amide bonds. The molecule has 0 aromatic heterocycles. The second-order valence-corrected chi connectivity index (χ2v) is 7.06. The molecule has 7 nitrogen and oxygen atoms in total. The lowest BCUT2D eigenvalue weighted by Crippen LogP contribution is -2.28. The first-order chi connectivity index (χ1) is 14.6. The van der Waals surface area contributed by atoms with Crippen molar-refractivity contribution >= 4 is 23.5 Å². The zero-order valence-electron chi connectivity index (χ0n) is 16.4. The molecule has 1 atom stereocenters. The van der Waals surface area contributed by atoms with Crippen molar-refractivity contribution in [3.8, 4) is 5.75 Å². The van der Waals surface area contributed by atoms with Gasteiger partial charge in [-0.1, -0.05) is 18.2 Å². The van der Waals surface area contributed by atoms with Gasteiger partial charge in [-0.3, -0.25) is 9.59 Å². The number of esters is 1. The van der Waals surface area contributed by atoms with Crippen molar-refractivity contribution in [1.82, 2.24) is 4.90 Å². The number of methoxy groups -OCH3 is 1. The van der Waals surface area contributed by atoms with Crippen molar-refractivity contribution in [2.24, 2.45) is 5.92 Å². The van der Waals surface area contributed by atoms with E-state index in [1.807, 2.05) is 0 Å². The van der Waals surface area contributed by atoms with Crippen LogP contribution < -0.4 is 5.32 Å². The van der Waals surface area contributed by atoms with Crippen LogP contribution in [-0.2, 0) is 27.0 Å². The van der Waals surface area contributed by atoms with Crippen LogP contribution in [0.2, 0.25) is 0 Å². The van der Waals surface area contributed by atoms with Crippen LogP contribution in [0.1, 0.15) is 27.9 Å². The lowest BCUT2D eigenvalue weighted by atomic mass is 10.1. The lowest BCUT2D eigenvalue weighted by molar-refractivity contribution is -0.137. The van der Waals surface area contributed by atoms with Gasteiger partial charge in [-0.25, -0.2) is 4.79 Å². The molecular weight excluding hydrogens is 417 g/mol. The number of phenolic OH excluding ortho intramolecular Hbond substituents is 1. The maximum Gasteiger partial charge on any atom is 0.416 e. The third-order valence-electron chi connectivity index (χ3n) is 4.91. The number of para-hydroxylation sites is 1. The molecule has 1 heterocycles. The van der Waals surface area contributed by atoms with Crippen LogP contribution in [0.25, 0.3) is 0 Å². The normalized spacial score (nSPS) is 16.3. The second kappa shape index (κ2) is 8.66. The highest BCUT2D eigenvalue weighted by molar-refractivity contribution is 6.01. The number of ether oxygens (including phenoxy) is 1. The monoisotopic (exact) mass is 436 g/mol. The van der Waals surface area contributed by atoms with Crippen molar-refractivity contribution in [2.45, 2.75) is 19.1 Å². The molecule has 1 unspecified atom stereocenters. The smallest absolute Gasteiger partial charge is 0.416 e. The number of benzene rings is 2. The molecule has 2 N–H and O–H groups in total. The topological polar surface area (TPSA) is 95.9 Å². The van der Waals surface area contributed by atoms with Gasteiger partial charge in [0.1, 0.15) is 5.56 Å². The highest BCUT2D eigenvalue weighted by atomic mass is 19.4. The summed E-state index contributed by atoms with van der Waals surface area (Å²) in [4.78, 5) is 37.8. The van der Waals surface area contributed by atoms with Crippen molar-refractivity contribution in [3.05, 3.63) is 59.2 Å². The molecule has 1 saturated heterocycles. The molecule has 2 aromatic rings. The third-order valence-corrected chi connectivity index (χ3v) is 4.91. The summed E-state index contributed by atoms with van der Waals surface area (Å²) in [6.07, 6.45) is -4.61. The van der Waals surface area contributed by atoms with Crippen molar-refractivity contribution in [3.63, 3.8) is 0 Å². The fraction of sp³-hybridized carbons (Fsp3) is 0.286. The number of alkyl halides is 3. The maximum absolute atomic E-state index is 12.9. The Balaban J connectivity index is 1.68. The largest absolute Gasteiger partial charge is 0.505 e. The fourth-order valence-electron chi connectivity index (χ4n) is 3.32. The van der Waals surface area contributed by atoms with Crippen LogP contribution >= 0.6 is 0 Å². The molecule has 3 rings (SSSR count). The summed E-state index contributed by atoms with van der Waals surface area (Å²) in [6, 6.07) is 8.81. The Labute approximate surface area is 175 Å². The van der Waals surface area contributed by atoms with Gasteiger partial charge in [0.15, 0.2) is 5.75 Å². The van der Waals surface area contributed by atoms with Crippen LogP contribution in [0.5, 0.6) is 5.75 Å². The number of likely N-dealkylation sites (tertiary alicyclic amines) is 1. The van der Waals surface area contributed by atoms with Crippen LogP contribution in [0.15, 0.2) is 42.5 Å². The van der Waals surface area contributed by atoms with Gasteiger partial charge in [-0.2, -0.15) is 13.2 Å². The zero-order valence-corrected chi connectivity index (χ0v) is 16.4. The second-order valence-electron chi connectivity index (χ2n) is 7.06. The van der Waals surface area contributed by atoms with E-state index in [1.54, 1.807) is 0 Å². The molecule has 0 spiro atoms. The average Bonchev–Trinajstić information content (AvgIpc) is 3.09. The summed E-state index contributed by atoms with van der Waals surface area (Å²) in [5.74, 6) is -2.94. The SMILES string of the molecule is COC(=O)c1cccc(NC(=O)C2CC(=O)N(Cc3cccc(C(F)(F)F)c3)C2)c1O. The molecule has 2 aromatic carbocycles. The van der Waals surface area contributed by atoms with E-state index >= 15 is 0 Å². The number of nitrogens with one attached hydrogen (secondary N) is 1. The first-order valence-corrected chi connectivity index (χ1v) is 9.25. The van der Waals surface area contributed by atoms with Crippen LogP contribution in [-0.4, -0.2) is 41.4 Å². The number of phenols is 1. The highest BCUT2D eigenvalue weighted by Crippen LogP contribution is 2.31. The third kappa shape index (κ3) is 4.96. The molecule has 0 saturated carbocycles. The van der Waals surface area contributed by atoms with Gasteiger partial charge in [-0.05, 0) is 29.8 Å². The molecule has 164 valence electrons. The number of halogens is 3. The molecule has 0 aliphatic carbocycles. The van der Waals surface area contributed by atoms with Gasteiger partial charge in [0.25, 0.3) is 0 Å². The fourth-order valence-corrected chi connectivity index (χ4v) is 3.32. The predicted octanol–water partition coefficient (Wildman–Crippen LogP) is 3.18. The minimum Gasteiger partial charge on any atom is -0.505 e. The van der Waals surface area contributed by atoms with E-state index in [2.05, 4.69) is 10.1 Å². The Hall–Kier alpha value is -3.56. The number of hydrogen-bond acceptors (Lipinski definition) is 5. The quantitative estimate of drug-likeness (QED) is 0.555. The summed E-state index contributed by atoms with van der Waals surface area (Å²) in [6.45, 7) is -0.0476. The Morgan fingerprint density at radius 3 is 2.61 bits per heavy atom. The number of carbonyl (C=O) groups is 3. The van der Waals surface area contributed by atoms with E-state index in [1.165, 1.54) is 35.2 Å². The van der Waals surface area contributed by atoms with E-state index in [-0.39, 0.29) is 36.7 Å². The average molecular weight is 436 g/mol. The van der Waals surface area contributed by atoms with Gasteiger partial charge >= 0.3 is 12.1 Å². The van der Waals surface area contributed by atoms with E-state index in [9.17, 15) is 32.7 Å². The summed E-state index contributed by atoms with van der Waals surface area (Å²) in [5.41, 5.74) is -0.662. The molecule has 10 heteroatoms. The molecule has 1 fully saturated rings. The first kappa shape index (κ1) is 22.1. The summed E-state index contributed by atoms with van der Waals surface area (Å²) < 4.78 is 43.2. The Morgan fingerprint density at radius 2 is 1.94 bits per heavy atom. The molecular formula is C21H19F3N2O5. The zero-order chi connectivity index (χ0) is 22.8. The number of nitrogens with zero attached hydrogens (tertiary/aromatic N) is 1. The van der Waals surface area contributed by atoms with Gasteiger partial charge in [-0.15, -0.1) is 0 Å². The van der Waals surface area contributed by atoms with Gasteiger partial charge < -0.3 is 20.1 Å². The highest BCUT2D eigenvalue weighted by Gasteiger charge is 2.35. The first-order valence-electron chi connectivity index (χ1n) is 9.25. The van der Waals surface area contributed by atoms with Crippen molar-refractivity contribution in [1.29, 1.82) is 0 Å². The van der Waals surface area contributed by atoms with E-state index in [0.29, 0.717) is 5.56 Å². The van der Waals surface area contributed by atoms with Crippen LogP contribution in [0.3, 0.4) is 0 Å². The number of rotatable bonds is 5. The molecule has 0 bridgehead atoms. The van der Waals surface area contributed by atoms with Gasteiger partial charge in [0.05, 0.1) is 24.3 Å². The number of aromatic hydroxyl groups is 1. The maximum atomic E-state index is 12.9.